The molecule has 1 aliphatic rings. The molecule has 0 fully saturated rings. The van der Waals surface area contributed by atoms with Crippen LogP contribution in [0, 0.1) is 6.92 Å². The third kappa shape index (κ3) is 2.95. The maximum atomic E-state index is 12.7. The zero-order valence-corrected chi connectivity index (χ0v) is 14.8. The third-order valence-corrected chi connectivity index (χ3v) is 4.52. The van der Waals surface area contributed by atoms with Crippen molar-refractivity contribution in [2.24, 2.45) is 0 Å². The van der Waals surface area contributed by atoms with Crippen molar-refractivity contribution in [3.05, 3.63) is 66.4 Å². The van der Waals surface area contributed by atoms with E-state index < -0.39 is 0 Å². The van der Waals surface area contributed by atoms with Crippen molar-refractivity contribution in [1.82, 2.24) is 0 Å². The molecule has 0 saturated heterocycles. The first-order valence-corrected chi connectivity index (χ1v) is 8.56. The van der Waals surface area contributed by atoms with Crippen LogP contribution in [0.25, 0.3) is 11.0 Å². The Morgan fingerprint density at radius 3 is 2.89 bits per heavy atom. The Morgan fingerprint density at radius 2 is 2.11 bits per heavy atom. The topological polar surface area (TPSA) is 71.8 Å². The van der Waals surface area contributed by atoms with E-state index in [2.05, 4.69) is 11.9 Å². The van der Waals surface area contributed by atoms with E-state index >= 15 is 0 Å². The molecule has 0 aliphatic carbocycles. The van der Waals surface area contributed by atoms with Gasteiger partial charge in [0.25, 0.3) is 11.8 Å². The van der Waals surface area contributed by atoms with Crippen LogP contribution in [-0.4, -0.2) is 25.0 Å². The van der Waals surface area contributed by atoms with E-state index in [1.165, 1.54) is 0 Å². The number of anilines is 2. The highest BCUT2D eigenvalue weighted by Crippen LogP contribution is 2.35. The molecular weight excluding hydrogens is 344 g/mol. The van der Waals surface area contributed by atoms with Gasteiger partial charge in [0.2, 0.25) is 0 Å². The molecule has 0 atom stereocenters. The normalized spacial score (nSPS) is 13.2. The highest BCUT2D eigenvalue weighted by atomic mass is 16.5. The highest BCUT2D eigenvalue weighted by molar-refractivity contribution is 6.07. The largest absolute Gasteiger partial charge is 0.482 e. The maximum absolute atomic E-state index is 12.7. The van der Waals surface area contributed by atoms with Gasteiger partial charge in [0.15, 0.2) is 12.4 Å². The predicted octanol–water partition coefficient (Wildman–Crippen LogP) is 3.90. The second kappa shape index (κ2) is 6.64. The quantitative estimate of drug-likeness (QED) is 0.715. The number of carbonyl (C=O) groups is 2. The SMILES string of the molecule is C=CCN1C(=O)COc2ccc(NC(=O)c3oc4ccccc4c3C)cc21. The van der Waals surface area contributed by atoms with Gasteiger partial charge in [-0.3, -0.25) is 9.59 Å². The standard InChI is InChI=1S/C21H18N2O4/c1-3-10-23-16-11-14(8-9-18(16)26-12-19(23)24)22-21(25)20-13(2)15-6-4-5-7-17(15)27-20/h3-9,11H,1,10,12H2,2H3,(H,22,25). The minimum Gasteiger partial charge on any atom is -0.482 e. The number of aryl methyl sites for hydroxylation is 1. The predicted molar refractivity (Wildman–Crippen MR) is 103 cm³/mol. The first-order valence-electron chi connectivity index (χ1n) is 8.56. The molecule has 6 heteroatoms. The molecule has 2 heterocycles. The van der Waals surface area contributed by atoms with Crippen LogP contribution >= 0.6 is 0 Å². The van der Waals surface area contributed by atoms with Crippen LogP contribution in [0.5, 0.6) is 5.75 Å². The fourth-order valence-corrected chi connectivity index (χ4v) is 3.19. The van der Waals surface area contributed by atoms with Gasteiger partial charge >= 0.3 is 0 Å². The van der Waals surface area contributed by atoms with E-state index in [1.54, 1.807) is 29.2 Å². The maximum Gasteiger partial charge on any atom is 0.291 e. The lowest BCUT2D eigenvalue weighted by molar-refractivity contribution is -0.121. The first-order chi connectivity index (χ1) is 13.1. The number of amides is 2. The number of fused-ring (bicyclic) bond motifs is 2. The van der Waals surface area contributed by atoms with Crippen LogP contribution in [0.15, 0.2) is 59.5 Å². The smallest absolute Gasteiger partial charge is 0.291 e. The summed E-state index contributed by atoms with van der Waals surface area (Å²) in [5.74, 6) is 0.361. The monoisotopic (exact) mass is 362 g/mol. The minimum absolute atomic E-state index is 0.00920. The van der Waals surface area contributed by atoms with E-state index in [4.69, 9.17) is 9.15 Å². The molecule has 3 aromatic rings. The summed E-state index contributed by atoms with van der Waals surface area (Å²) in [6.45, 7) is 5.90. The number of para-hydroxylation sites is 1. The molecule has 0 saturated carbocycles. The average Bonchev–Trinajstić information content (AvgIpc) is 3.01. The number of benzene rings is 2. The van der Waals surface area contributed by atoms with Gasteiger partial charge in [0.1, 0.15) is 11.3 Å². The van der Waals surface area contributed by atoms with Crippen LogP contribution in [0.3, 0.4) is 0 Å². The van der Waals surface area contributed by atoms with Crippen LogP contribution in [-0.2, 0) is 4.79 Å². The van der Waals surface area contributed by atoms with E-state index in [9.17, 15) is 9.59 Å². The molecule has 1 N–H and O–H groups in total. The summed E-state index contributed by atoms with van der Waals surface area (Å²) in [7, 11) is 0. The number of hydrogen-bond donors (Lipinski definition) is 1. The molecule has 0 unspecified atom stereocenters. The molecule has 1 aromatic heterocycles. The molecule has 0 radical (unpaired) electrons. The number of nitrogens with zero attached hydrogens (tertiary/aromatic N) is 1. The van der Waals surface area contributed by atoms with Gasteiger partial charge in [-0.2, -0.15) is 0 Å². The molecule has 2 aromatic carbocycles. The van der Waals surface area contributed by atoms with E-state index in [1.807, 2.05) is 31.2 Å². The lowest BCUT2D eigenvalue weighted by Crippen LogP contribution is -2.38. The van der Waals surface area contributed by atoms with Crippen LogP contribution in [0.1, 0.15) is 16.1 Å². The summed E-state index contributed by atoms with van der Waals surface area (Å²) in [4.78, 5) is 26.4. The first kappa shape index (κ1) is 16.9. The fourth-order valence-electron chi connectivity index (χ4n) is 3.19. The molecule has 0 bridgehead atoms. The zero-order valence-electron chi connectivity index (χ0n) is 14.8. The number of furan rings is 1. The third-order valence-electron chi connectivity index (χ3n) is 4.52. The zero-order chi connectivity index (χ0) is 19.0. The summed E-state index contributed by atoms with van der Waals surface area (Å²) < 4.78 is 11.2. The fraction of sp³-hybridized carbons (Fsp3) is 0.143. The van der Waals surface area contributed by atoms with E-state index in [0.29, 0.717) is 29.3 Å². The summed E-state index contributed by atoms with van der Waals surface area (Å²) in [5, 5.41) is 3.74. The van der Waals surface area contributed by atoms with Crippen LogP contribution in [0.4, 0.5) is 11.4 Å². The Morgan fingerprint density at radius 1 is 1.30 bits per heavy atom. The number of ether oxygens (including phenoxy) is 1. The molecule has 1 aliphatic heterocycles. The molecule has 0 spiro atoms. The molecular formula is C21H18N2O4. The van der Waals surface area contributed by atoms with Crippen molar-refractivity contribution in [2.45, 2.75) is 6.92 Å². The van der Waals surface area contributed by atoms with Crippen LogP contribution < -0.4 is 15.0 Å². The van der Waals surface area contributed by atoms with Crippen molar-refractivity contribution in [3.63, 3.8) is 0 Å². The Kier molecular flexibility index (Phi) is 4.16. The highest BCUT2D eigenvalue weighted by Gasteiger charge is 2.25. The lowest BCUT2D eigenvalue weighted by Gasteiger charge is -2.28. The summed E-state index contributed by atoms with van der Waals surface area (Å²) >= 11 is 0. The van der Waals surface area contributed by atoms with E-state index in [-0.39, 0.29) is 24.2 Å². The Hall–Kier alpha value is -3.54. The number of carbonyl (C=O) groups excluding carboxylic acids is 2. The number of hydrogen-bond acceptors (Lipinski definition) is 4. The second-order valence-corrected chi connectivity index (χ2v) is 6.27. The Labute approximate surface area is 156 Å². The lowest BCUT2D eigenvalue weighted by atomic mass is 10.1. The van der Waals surface area contributed by atoms with Crippen molar-refractivity contribution < 1.29 is 18.7 Å². The Bertz CT molecular complexity index is 1070. The summed E-state index contributed by atoms with van der Waals surface area (Å²) in [6, 6.07) is 12.7. The summed E-state index contributed by atoms with van der Waals surface area (Å²) in [5.41, 5.74) is 2.60. The van der Waals surface area contributed by atoms with Crippen LogP contribution in [0.2, 0.25) is 0 Å². The molecule has 136 valence electrons. The van der Waals surface area contributed by atoms with Gasteiger partial charge in [-0.15, -0.1) is 6.58 Å². The molecule has 27 heavy (non-hydrogen) atoms. The second-order valence-electron chi connectivity index (χ2n) is 6.27. The number of nitrogens with one attached hydrogen (secondary N) is 1. The van der Waals surface area contributed by atoms with E-state index in [0.717, 1.165) is 10.9 Å². The molecule has 6 nitrogen and oxygen atoms in total. The Balaban J connectivity index is 1.64. The summed E-state index contributed by atoms with van der Waals surface area (Å²) in [6.07, 6.45) is 1.65. The van der Waals surface area contributed by atoms with Gasteiger partial charge in [-0.25, -0.2) is 0 Å². The molecule has 2 amide bonds. The van der Waals surface area contributed by atoms with Gasteiger partial charge in [0.05, 0.1) is 5.69 Å². The van der Waals surface area contributed by atoms with Crippen molar-refractivity contribution in [1.29, 1.82) is 0 Å². The van der Waals surface area contributed by atoms with Gasteiger partial charge in [-0.05, 0) is 31.2 Å². The average molecular weight is 362 g/mol. The minimum atomic E-state index is -0.345. The van der Waals surface area contributed by atoms with Gasteiger partial charge < -0.3 is 19.4 Å². The van der Waals surface area contributed by atoms with Gasteiger partial charge in [-0.1, -0.05) is 24.3 Å². The van der Waals surface area contributed by atoms with Crippen molar-refractivity contribution >= 4 is 34.2 Å². The van der Waals surface area contributed by atoms with Gasteiger partial charge in [0, 0.05) is 23.2 Å². The number of rotatable bonds is 4. The van der Waals surface area contributed by atoms with Crippen molar-refractivity contribution in [3.8, 4) is 5.75 Å². The van der Waals surface area contributed by atoms with Crippen molar-refractivity contribution in [2.75, 3.05) is 23.4 Å². The molecule has 4 rings (SSSR count).